The van der Waals surface area contributed by atoms with Gasteiger partial charge in [-0.05, 0) is 105 Å². The van der Waals surface area contributed by atoms with Crippen LogP contribution in [0.3, 0.4) is 0 Å². The fraction of sp³-hybridized carbons (Fsp3) is 0.294. The van der Waals surface area contributed by atoms with Gasteiger partial charge < -0.3 is 5.32 Å². The van der Waals surface area contributed by atoms with Crippen molar-refractivity contribution < 1.29 is 0 Å². The molecule has 0 bridgehead atoms. The Hall–Kier alpha value is -4.88. The van der Waals surface area contributed by atoms with Gasteiger partial charge in [0.25, 0.3) is 0 Å². The summed E-state index contributed by atoms with van der Waals surface area (Å²) in [5, 5.41) is 9.83. The smallest absolute Gasteiger partial charge is 0.0698 e. The third kappa shape index (κ3) is 5.61. The average Bonchev–Trinajstić information content (AvgIpc) is 3.23. The van der Waals surface area contributed by atoms with Gasteiger partial charge in [0.1, 0.15) is 0 Å². The van der Waals surface area contributed by atoms with Gasteiger partial charge in [0.15, 0.2) is 0 Å². The van der Waals surface area contributed by atoms with Crippen LogP contribution in [-0.4, -0.2) is 6.04 Å². The minimum Gasteiger partial charge on any atom is -0.375 e. The summed E-state index contributed by atoms with van der Waals surface area (Å²) in [6.45, 7) is 0. The average molecular weight is 676 g/mol. The maximum atomic E-state index is 3.90. The highest BCUT2D eigenvalue weighted by molar-refractivity contribution is 5.95. The molecule has 2 aromatic rings. The van der Waals surface area contributed by atoms with E-state index in [4.69, 9.17) is 0 Å². The van der Waals surface area contributed by atoms with Gasteiger partial charge in [0.2, 0.25) is 0 Å². The molecule has 5 atom stereocenters. The van der Waals surface area contributed by atoms with Gasteiger partial charge in [-0.2, -0.15) is 0 Å². The van der Waals surface area contributed by atoms with Crippen molar-refractivity contribution in [2.45, 2.75) is 63.8 Å². The number of nitrogens with one attached hydrogen (secondary N) is 1. The van der Waals surface area contributed by atoms with E-state index in [1.165, 1.54) is 82.2 Å². The molecule has 0 spiro atoms. The topological polar surface area (TPSA) is 12.0 Å². The summed E-state index contributed by atoms with van der Waals surface area (Å²) in [4.78, 5) is 0. The van der Waals surface area contributed by atoms with E-state index in [-0.39, 0.29) is 6.04 Å². The van der Waals surface area contributed by atoms with E-state index in [0.717, 1.165) is 25.2 Å². The van der Waals surface area contributed by atoms with Crippen molar-refractivity contribution in [3.05, 3.63) is 189 Å². The SMILES string of the molecule is C1=CC(C2=CC3C=CC=CC3C=C2)NC(C2=CC=C(C3=c4ccccc4=C(C4=c5ccccc5=C(C5CCCCC5)CC4)C4C=CC=CC34)CC2)=C1. The zero-order valence-electron chi connectivity index (χ0n) is 30.2. The maximum absolute atomic E-state index is 3.90. The van der Waals surface area contributed by atoms with Crippen LogP contribution >= 0.6 is 0 Å². The van der Waals surface area contributed by atoms with Gasteiger partial charge in [-0.25, -0.2) is 0 Å². The Morgan fingerprint density at radius 2 is 1.19 bits per heavy atom. The molecule has 1 heteroatoms. The van der Waals surface area contributed by atoms with Crippen molar-refractivity contribution in [2.75, 3.05) is 0 Å². The van der Waals surface area contributed by atoms with Crippen molar-refractivity contribution in [1.82, 2.24) is 5.32 Å². The quantitative estimate of drug-likeness (QED) is 0.335. The van der Waals surface area contributed by atoms with Crippen molar-refractivity contribution in [2.24, 2.45) is 29.6 Å². The highest BCUT2D eigenvalue weighted by Gasteiger charge is 2.35. The van der Waals surface area contributed by atoms with E-state index in [0.29, 0.717) is 23.7 Å². The van der Waals surface area contributed by atoms with Gasteiger partial charge in [-0.1, -0.05) is 165 Å². The molecule has 258 valence electrons. The molecule has 0 aromatic heterocycles. The number of fused-ring (bicyclic) bond motifs is 4. The molecule has 8 aliphatic rings. The first kappa shape index (κ1) is 31.8. The standard InChI is InChI=1S/C51H49N/c1-2-14-35(15-3-1)40-31-32-47(42-18-7-6-17-41(40)42)51-45-21-10-8-19-43(45)50(44-20-9-11-22-46(44)51)37-28-26-36(27-29-37)48-23-12-24-49(52-48)39-30-25-34-13-4-5-16-38(34)33-39/h4-13,16-26,28,30,33-35,38,43,45,49,52H,1-3,14-15,27,29,31-32H2. The molecule has 1 fully saturated rings. The van der Waals surface area contributed by atoms with E-state index in [1.807, 2.05) is 0 Å². The summed E-state index contributed by atoms with van der Waals surface area (Å²) in [5.74, 6) is 2.40. The number of hydrogen-bond acceptors (Lipinski definition) is 1. The number of hydrogen-bond donors (Lipinski definition) is 1. The lowest BCUT2D eigenvalue weighted by Crippen LogP contribution is -2.43. The predicted octanol–water partition coefficient (Wildman–Crippen LogP) is 8.65. The molecule has 52 heavy (non-hydrogen) atoms. The van der Waals surface area contributed by atoms with E-state index in [1.54, 1.807) is 21.9 Å². The van der Waals surface area contributed by atoms with Crippen LogP contribution in [0.15, 0.2) is 168 Å². The Labute approximate surface area is 309 Å². The normalized spacial score (nSPS) is 29.0. The van der Waals surface area contributed by atoms with Crippen LogP contribution in [0.25, 0.3) is 22.3 Å². The number of allylic oxidation sites excluding steroid dienone is 16. The molecule has 7 aliphatic carbocycles. The number of rotatable bonds is 5. The number of dihydropyridines is 1. The first-order valence-corrected chi connectivity index (χ1v) is 20.1. The zero-order valence-corrected chi connectivity index (χ0v) is 30.2. The molecule has 5 unspecified atom stereocenters. The van der Waals surface area contributed by atoms with E-state index in [2.05, 4.69) is 151 Å². The fourth-order valence-electron chi connectivity index (χ4n) is 10.6. The van der Waals surface area contributed by atoms with Crippen LogP contribution < -0.4 is 26.2 Å². The Morgan fingerprint density at radius 3 is 1.98 bits per heavy atom. The monoisotopic (exact) mass is 675 g/mol. The second-order valence-electron chi connectivity index (χ2n) is 16.0. The summed E-state index contributed by atoms with van der Waals surface area (Å²) in [6, 6.07) is 19.0. The molecular weight excluding hydrogens is 627 g/mol. The lowest BCUT2D eigenvalue weighted by atomic mass is 9.67. The second-order valence-corrected chi connectivity index (χ2v) is 16.0. The van der Waals surface area contributed by atoms with E-state index in [9.17, 15) is 0 Å². The maximum Gasteiger partial charge on any atom is 0.0698 e. The predicted molar refractivity (Wildman–Crippen MR) is 218 cm³/mol. The van der Waals surface area contributed by atoms with Gasteiger partial charge in [-0.15, -0.1) is 0 Å². The Bertz CT molecular complexity index is 2380. The molecule has 1 N–H and O–H groups in total. The van der Waals surface area contributed by atoms with E-state index < -0.39 is 0 Å². The highest BCUT2D eigenvalue weighted by atomic mass is 14.9. The Balaban J connectivity index is 1.04. The lowest BCUT2D eigenvalue weighted by Gasteiger charge is -2.37. The largest absolute Gasteiger partial charge is 0.375 e. The molecule has 0 amide bonds. The molecule has 1 aliphatic heterocycles. The Morgan fingerprint density at radius 1 is 0.519 bits per heavy atom. The zero-order chi connectivity index (χ0) is 34.4. The van der Waals surface area contributed by atoms with Gasteiger partial charge in [0, 0.05) is 29.4 Å². The summed E-state index contributed by atoms with van der Waals surface area (Å²) >= 11 is 0. The summed E-state index contributed by atoms with van der Waals surface area (Å²) in [6.07, 6.45) is 48.8. The molecular formula is C51H49N. The molecule has 1 saturated carbocycles. The van der Waals surface area contributed by atoms with Crippen LogP contribution in [-0.2, 0) is 0 Å². The minimum atomic E-state index is 0.204. The Kier molecular flexibility index (Phi) is 8.32. The van der Waals surface area contributed by atoms with Gasteiger partial charge in [0.05, 0.1) is 6.04 Å². The van der Waals surface area contributed by atoms with Gasteiger partial charge >= 0.3 is 0 Å². The van der Waals surface area contributed by atoms with Crippen molar-refractivity contribution in [3.63, 3.8) is 0 Å². The van der Waals surface area contributed by atoms with E-state index >= 15 is 0 Å². The first-order valence-electron chi connectivity index (χ1n) is 20.1. The molecule has 1 nitrogen and oxygen atoms in total. The van der Waals surface area contributed by atoms with Crippen molar-refractivity contribution in [3.8, 4) is 0 Å². The fourth-order valence-corrected chi connectivity index (χ4v) is 10.6. The minimum absolute atomic E-state index is 0.204. The second kappa shape index (κ2) is 13.6. The summed E-state index contributed by atoms with van der Waals surface area (Å²) in [5.41, 5.74) is 12.0. The number of benzene rings is 2. The van der Waals surface area contributed by atoms with Crippen molar-refractivity contribution in [1.29, 1.82) is 0 Å². The van der Waals surface area contributed by atoms with Gasteiger partial charge in [-0.3, -0.25) is 0 Å². The van der Waals surface area contributed by atoms with Crippen LogP contribution in [0.1, 0.15) is 57.8 Å². The molecule has 0 saturated heterocycles. The first-order chi connectivity index (χ1) is 25.8. The van der Waals surface area contributed by atoms with Crippen LogP contribution in [0, 0.1) is 29.6 Å². The molecule has 1 heterocycles. The van der Waals surface area contributed by atoms with Crippen LogP contribution in [0.4, 0.5) is 0 Å². The van der Waals surface area contributed by atoms with Crippen LogP contribution in [0.2, 0.25) is 0 Å². The third-order valence-corrected chi connectivity index (χ3v) is 13.2. The summed E-state index contributed by atoms with van der Waals surface area (Å²) < 4.78 is 0. The lowest BCUT2D eigenvalue weighted by molar-refractivity contribution is 0.421. The highest BCUT2D eigenvalue weighted by Crippen LogP contribution is 2.45. The summed E-state index contributed by atoms with van der Waals surface area (Å²) in [7, 11) is 0. The van der Waals surface area contributed by atoms with Crippen molar-refractivity contribution >= 4 is 22.3 Å². The molecule has 0 radical (unpaired) electrons. The molecule has 2 aromatic carbocycles. The van der Waals surface area contributed by atoms with Crippen LogP contribution in [0.5, 0.6) is 0 Å². The molecule has 10 rings (SSSR count). The third-order valence-electron chi connectivity index (χ3n) is 13.2.